The zero-order valence-electron chi connectivity index (χ0n) is 7.01. The third kappa shape index (κ3) is 1.53. The lowest BCUT2D eigenvalue weighted by atomic mass is 10.1. The summed E-state index contributed by atoms with van der Waals surface area (Å²) in [6.07, 6.45) is 0.946. The Morgan fingerprint density at radius 3 is 2.77 bits per heavy atom. The summed E-state index contributed by atoms with van der Waals surface area (Å²) in [7, 11) is 0. The number of nitro benzene ring substituents is 1. The molecule has 1 aliphatic carbocycles. The maximum Gasteiger partial charge on any atom is 0.269 e. The van der Waals surface area contributed by atoms with Gasteiger partial charge in [-0.25, -0.2) is 0 Å². The molecule has 0 heterocycles. The van der Waals surface area contributed by atoms with Gasteiger partial charge in [0.25, 0.3) is 5.69 Å². The maximum absolute atomic E-state index is 10.5. The summed E-state index contributed by atoms with van der Waals surface area (Å²) in [5.41, 5.74) is 6.79. The molecule has 0 radical (unpaired) electrons. The van der Waals surface area contributed by atoms with E-state index >= 15 is 0 Å². The molecule has 0 saturated heterocycles. The van der Waals surface area contributed by atoms with Crippen LogP contribution in [-0.2, 0) is 0 Å². The summed E-state index contributed by atoms with van der Waals surface area (Å²) in [4.78, 5) is 10.1. The first kappa shape index (κ1) is 8.19. The molecule has 0 aliphatic heterocycles. The van der Waals surface area contributed by atoms with Crippen LogP contribution >= 0.6 is 0 Å². The van der Waals surface area contributed by atoms with Gasteiger partial charge in [-0.3, -0.25) is 10.1 Å². The average Bonchev–Trinajstić information content (AvgIpc) is 2.83. The van der Waals surface area contributed by atoms with E-state index in [4.69, 9.17) is 5.73 Å². The molecule has 2 N–H and O–H groups in total. The number of benzene rings is 1. The topological polar surface area (TPSA) is 69.2 Å². The zero-order chi connectivity index (χ0) is 9.42. The summed E-state index contributed by atoms with van der Waals surface area (Å²) in [6.45, 7) is 0. The molecule has 1 saturated carbocycles. The number of nitro groups is 1. The van der Waals surface area contributed by atoms with Crippen LogP contribution in [0.5, 0.6) is 0 Å². The molecular formula is C9H10N2O2. The van der Waals surface area contributed by atoms with Crippen molar-refractivity contribution < 1.29 is 4.92 Å². The smallest absolute Gasteiger partial charge is 0.269 e. The van der Waals surface area contributed by atoms with Crippen LogP contribution in [0, 0.1) is 10.1 Å². The second-order valence-electron chi connectivity index (χ2n) is 3.36. The van der Waals surface area contributed by atoms with Gasteiger partial charge in [-0.15, -0.1) is 0 Å². The molecule has 0 spiro atoms. The molecule has 0 amide bonds. The number of hydrogen-bond acceptors (Lipinski definition) is 3. The van der Waals surface area contributed by atoms with Crippen LogP contribution in [0.4, 0.5) is 5.69 Å². The highest BCUT2D eigenvalue weighted by Gasteiger charge is 2.35. The van der Waals surface area contributed by atoms with Crippen molar-refractivity contribution in [3.63, 3.8) is 0 Å². The Morgan fingerprint density at radius 1 is 1.54 bits per heavy atom. The van der Waals surface area contributed by atoms with Gasteiger partial charge in [-0.1, -0.05) is 12.1 Å². The molecule has 1 unspecified atom stereocenters. The Labute approximate surface area is 75.5 Å². The van der Waals surface area contributed by atoms with Gasteiger partial charge in [0.05, 0.1) is 4.92 Å². The Kier molecular flexibility index (Phi) is 1.77. The molecule has 4 heteroatoms. The standard InChI is InChI=1S/C9H10N2O2/c10-9-5-8(9)6-2-1-3-7(4-6)11(12)13/h1-4,8-9H,5,10H2/t8?,9-/m1/s1. The third-order valence-electron chi connectivity index (χ3n) is 2.35. The van der Waals surface area contributed by atoms with E-state index in [0.29, 0.717) is 5.92 Å². The van der Waals surface area contributed by atoms with Crippen LogP contribution < -0.4 is 5.73 Å². The highest BCUT2D eigenvalue weighted by molar-refractivity contribution is 5.38. The number of nitrogens with zero attached hydrogens (tertiary/aromatic N) is 1. The van der Waals surface area contributed by atoms with Crippen molar-refractivity contribution in [1.82, 2.24) is 0 Å². The lowest BCUT2D eigenvalue weighted by Gasteiger charge is -1.97. The van der Waals surface area contributed by atoms with Gasteiger partial charge in [0.2, 0.25) is 0 Å². The Morgan fingerprint density at radius 2 is 2.23 bits per heavy atom. The van der Waals surface area contributed by atoms with E-state index in [-0.39, 0.29) is 16.7 Å². The van der Waals surface area contributed by atoms with Gasteiger partial charge in [0.1, 0.15) is 0 Å². The number of non-ortho nitro benzene ring substituents is 1. The van der Waals surface area contributed by atoms with Gasteiger partial charge >= 0.3 is 0 Å². The third-order valence-corrected chi connectivity index (χ3v) is 2.35. The van der Waals surface area contributed by atoms with E-state index in [1.165, 1.54) is 6.07 Å². The maximum atomic E-state index is 10.5. The monoisotopic (exact) mass is 178 g/mol. The predicted molar refractivity (Wildman–Crippen MR) is 48.4 cm³/mol. The molecule has 1 aromatic rings. The van der Waals surface area contributed by atoms with Gasteiger partial charge in [-0.05, 0) is 12.0 Å². The molecule has 13 heavy (non-hydrogen) atoms. The van der Waals surface area contributed by atoms with Crippen molar-refractivity contribution in [2.45, 2.75) is 18.4 Å². The highest BCUT2D eigenvalue weighted by atomic mass is 16.6. The van der Waals surface area contributed by atoms with Gasteiger partial charge < -0.3 is 5.73 Å². The second kappa shape index (κ2) is 2.81. The minimum Gasteiger partial charge on any atom is -0.327 e. The normalized spacial score (nSPS) is 25.6. The Balaban J connectivity index is 2.28. The fourth-order valence-corrected chi connectivity index (χ4v) is 1.47. The predicted octanol–water partition coefficient (Wildman–Crippen LogP) is 1.41. The molecular weight excluding hydrogens is 168 g/mol. The summed E-state index contributed by atoms with van der Waals surface area (Å²) in [5, 5.41) is 10.5. The van der Waals surface area contributed by atoms with Crippen molar-refractivity contribution in [1.29, 1.82) is 0 Å². The molecule has 1 aliphatic rings. The van der Waals surface area contributed by atoms with E-state index in [1.807, 2.05) is 6.07 Å². The first-order chi connectivity index (χ1) is 6.18. The molecule has 1 fully saturated rings. The molecule has 68 valence electrons. The summed E-state index contributed by atoms with van der Waals surface area (Å²) >= 11 is 0. The fourth-order valence-electron chi connectivity index (χ4n) is 1.47. The van der Waals surface area contributed by atoms with Crippen molar-refractivity contribution in [2.24, 2.45) is 5.73 Å². The molecule has 0 bridgehead atoms. The molecule has 4 nitrogen and oxygen atoms in total. The second-order valence-corrected chi connectivity index (χ2v) is 3.36. The highest BCUT2D eigenvalue weighted by Crippen LogP contribution is 2.39. The van der Waals surface area contributed by atoms with E-state index in [2.05, 4.69) is 0 Å². The molecule has 2 atom stereocenters. The van der Waals surface area contributed by atoms with E-state index < -0.39 is 0 Å². The van der Waals surface area contributed by atoms with Crippen molar-refractivity contribution in [3.8, 4) is 0 Å². The van der Waals surface area contributed by atoms with Crippen LogP contribution in [0.2, 0.25) is 0 Å². The number of rotatable bonds is 2. The lowest BCUT2D eigenvalue weighted by Crippen LogP contribution is -2.01. The van der Waals surface area contributed by atoms with Crippen LogP contribution in [0.15, 0.2) is 24.3 Å². The van der Waals surface area contributed by atoms with Crippen LogP contribution in [0.3, 0.4) is 0 Å². The van der Waals surface area contributed by atoms with E-state index in [1.54, 1.807) is 12.1 Å². The largest absolute Gasteiger partial charge is 0.327 e. The van der Waals surface area contributed by atoms with Crippen molar-refractivity contribution in [3.05, 3.63) is 39.9 Å². The van der Waals surface area contributed by atoms with Crippen LogP contribution in [0.1, 0.15) is 17.9 Å². The summed E-state index contributed by atoms with van der Waals surface area (Å²) < 4.78 is 0. The lowest BCUT2D eigenvalue weighted by molar-refractivity contribution is -0.384. The van der Waals surface area contributed by atoms with E-state index in [9.17, 15) is 10.1 Å². The van der Waals surface area contributed by atoms with Crippen molar-refractivity contribution in [2.75, 3.05) is 0 Å². The molecule has 2 rings (SSSR count). The van der Waals surface area contributed by atoms with Crippen molar-refractivity contribution >= 4 is 5.69 Å². The van der Waals surface area contributed by atoms with Gasteiger partial charge in [0.15, 0.2) is 0 Å². The van der Waals surface area contributed by atoms with Gasteiger partial charge in [-0.2, -0.15) is 0 Å². The van der Waals surface area contributed by atoms with Crippen LogP contribution in [-0.4, -0.2) is 11.0 Å². The molecule has 1 aromatic carbocycles. The minimum absolute atomic E-state index is 0.150. The number of hydrogen-bond donors (Lipinski definition) is 1. The van der Waals surface area contributed by atoms with Crippen LogP contribution in [0.25, 0.3) is 0 Å². The van der Waals surface area contributed by atoms with E-state index in [0.717, 1.165) is 12.0 Å². The minimum atomic E-state index is -0.378. The summed E-state index contributed by atoms with van der Waals surface area (Å²) in [6, 6.07) is 6.90. The fraction of sp³-hybridized carbons (Fsp3) is 0.333. The summed E-state index contributed by atoms with van der Waals surface area (Å²) in [5.74, 6) is 0.333. The zero-order valence-corrected chi connectivity index (χ0v) is 7.01. The van der Waals surface area contributed by atoms with Gasteiger partial charge in [0, 0.05) is 24.1 Å². The Bertz CT molecular complexity index is 351. The first-order valence-corrected chi connectivity index (χ1v) is 4.18. The average molecular weight is 178 g/mol. The molecule has 0 aromatic heterocycles. The SMILES string of the molecule is N[C@@H]1CC1c1cccc([N+](=O)[O-])c1. The quantitative estimate of drug-likeness (QED) is 0.549. The number of nitrogens with two attached hydrogens (primary N) is 1. The Hall–Kier alpha value is -1.42. The first-order valence-electron chi connectivity index (χ1n) is 4.18.